The van der Waals surface area contributed by atoms with Crippen molar-refractivity contribution in [3.05, 3.63) is 48.6 Å². The van der Waals surface area contributed by atoms with Gasteiger partial charge in [-0.2, -0.15) is 0 Å². The minimum Gasteiger partial charge on any atom is -0.466 e. The lowest BCUT2D eigenvalue weighted by atomic mass is 9.49. The largest absolute Gasteiger partial charge is 0.466 e. The predicted octanol–water partition coefficient (Wildman–Crippen LogP) is 17.9. The van der Waals surface area contributed by atoms with E-state index in [1.165, 1.54) is 177 Å². The lowest BCUT2D eigenvalue weighted by Crippen LogP contribution is -2.53. The molecule has 0 saturated heterocycles. The van der Waals surface area contributed by atoms with Crippen LogP contribution in [-0.4, -0.2) is 154 Å². The van der Waals surface area contributed by atoms with Crippen LogP contribution in [0.15, 0.2) is 48.6 Å². The number of aliphatic hydroxyl groups is 4. The third-order valence-electron chi connectivity index (χ3n) is 35.0. The van der Waals surface area contributed by atoms with Crippen LogP contribution in [0.3, 0.4) is 0 Å². The Labute approximate surface area is 636 Å². The van der Waals surface area contributed by atoms with E-state index in [4.69, 9.17) is 15.2 Å². The molecular formula is C92H160N4O8. The molecule has 0 aromatic carbocycles. The minimum absolute atomic E-state index is 0.131. The van der Waals surface area contributed by atoms with Crippen LogP contribution in [0.5, 0.6) is 0 Å². The second kappa shape index (κ2) is 34.3. The molecule has 12 rings (SSSR count). The van der Waals surface area contributed by atoms with Crippen LogP contribution in [0.1, 0.15) is 263 Å². The molecule has 6 N–H and O–H groups in total. The summed E-state index contributed by atoms with van der Waals surface area (Å²) in [6.07, 6.45) is 32.5. The van der Waals surface area contributed by atoms with Gasteiger partial charge >= 0.3 is 11.9 Å². The fraction of sp³-hybridized carbons (Fsp3) is 0.891. The molecule has 0 heterocycles. The number of fused-ring (bicyclic) bond motifs is 4. The average molecular weight is 1450 g/mol. The molecule has 12 saturated carbocycles. The van der Waals surface area contributed by atoms with Crippen LogP contribution in [0.4, 0.5) is 0 Å². The van der Waals surface area contributed by atoms with Crippen molar-refractivity contribution in [3.8, 4) is 0 Å². The zero-order chi connectivity index (χ0) is 76.6. The van der Waals surface area contributed by atoms with Crippen LogP contribution in [0.25, 0.3) is 0 Å². The van der Waals surface area contributed by atoms with E-state index in [1.807, 2.05) is 0 Å². The second-order valence-corrected chi connectivity index (χ2v) is 41.3. The molecular weight excluding hydrogens is 1290 g/mol. The van der Waals surface area contributed by atoms with E-state index in [9.17, 15) is 30.0 Å². The number of hydrogen-bond donors (Lipinski definition) is 5. The average Bonchev–Trinajstić information content (AvgIpc) is 1.63. The van der Waals surface area contributed by atoms with E-state index < -0.39 is 0 Å². The van der Waals surface area contributed by atoms with Crippen molar-refractivity contribution in [2.75, 3.05) is 94.9 Å². The Balaban J connectivity index is 0.000000161. The summed E-state index contributed by atoms with van der Waals surface area (Å²) >= 11 is 0. The first kappa shape index (κ1) is 85.6. The van der Waals surface area contributed by atoms with Gasteiger partial charge in [0.15, 0.2) is 0 Å². The van der Waals surface area contributed by atoms with Crippen LogP contribution < -0.4 is 5.73 Å². The zero-order valence-electron chi connectivity index (χ0n) is 70.2. The highest BCUT2D eigenvalue weighted by atomic mass is 16.5. The van der Waals surface area contributed by atoms with Crippen LogP contribution in [0.2, 0.25) is 0 Å². The molecule has 0 radical (unpaired) electrons. The number of carbonyl (C=O) groups is 2. The maximum Gasteiger partial charge on any atom is 0.302 e. The number of carbonyl (C=O) groups excluding carboxylic acids is 2. The van der Waals surface area contributed by atoms with Gasteiger partial charge in [0, 0.05) is 46.7 Å². The molecule has 12 fully saturated rings. The molecule has 8 unspecified atom stereocenters. The van der Waals surface area contributed by atoms with Crippen molar-refractivity contribution in [2.45, 2.75) is 275 Å². The summed E-state index contributed by atoms with van der Waals surface area (Å²) in [4.78, 5) is 30.1. The summed E-state index contributed by atoms with van der Waals surface area (Å²) < 4.78 is 11.1. The van der Waals surface area contributed by atoms with Crippen molar-refractivity contribution >= 4 is 11.9 Å². The van der Waals surface area contributed by atoms with Gasteiger partial charge in [0.1, 0.15) is 0 Å². The summed E-state index contributed by atoms with van der Waals surface area (Å²) in [5.74, 6) is 10.8. The summed E-state index contributed by atoms with van der Waals surface area (Å²) in [6, 6.07) is 0. The second-order valence-electron chi connectivity index (χ2n) is 41.3. The summed E-state index contributed by atoms with van der Waals surface area (Å²) in [5, 5.41) is 40.5. The molecule has 0 aromatic heterocycles. The number of ether oxygens (including phenoxy) is 2. The Morgan fingerprint density at radius 3 is 0.913 bits per heavy atom. The number of aliphatic hydroxyl groups excluding tert-OH is 4. The summed E-state index contributed by atoms with van der Waals surface area (Å²) in [5.41, 5.74) is 14.4. The fourth-order valence-corrected chi connectivity index (χ4v) is 27.9. The molecule has 0 aliphatic heterocycles. The Kier molecular flexibility index (Phi) is 28.2. The van der Waals surface area contributed by atoms with Crippen molar-refractivity contribution in [1.29, 1.82) is 0 Å². The first-order valence-corrected chi connectivity index (χ1v) is 43.0. The van der Waals surface area contributed by atoms with Gasteiger partial charge in [-0.3, -0.25) is 9.59 Å². The predicted molar refractivity (Wildman–Crippen MR) is 429 cm³/mol. The van der Waals surface area contributed by atoms with E-state index >= 15 is 0 Å². The Bertz CT molecular complexity index is 2840. The molecule has 0 amide bonds. The smallest absolute Gasteiger partial charge is 0.302 e. The lowest BCUT2D eigenvalue weighted by Gasteiger charge is -2.57. The number of nitrogens with two attached hydrogens (primary N) is 1. The molecule has 0 aromatic rings. The summed E-state index contributed by atoms with van der Waals surface area (Å²) in [6.45, 7) is 51.1. The molecule has 12 nitrogen and oxygen atoms in total. The number of rotatable bonds is 17. The Hall–Kier alpha value is -2.42. The third-order valence-corrected chi connectivity index (χ3v) is 35.0. The highest BCUT2D eigenvalue weighted by Gasteiger charge is 2.62. The minimum atomic E-state index is -0.224. The van der Waals surface area contributed by atoms with E-state index in [1.54, 1.807) is 6.92 Å². The van der Waals surface area contributed by atoms with E-state index in [0.717, 1.165) is 87.7 Å². The van der Waals surface area contributed by atoms with Gasteiger partial charge in [-0.05, 0) is 366 Å². The van der Waals surface area contributed by atoms with Crippen molar-refractivity contribution in [3.63, 3.8) is 0 Å². The van der Waals surface area contributed by atoms with Gasteiger partial charge in [-0.25, -0.2) is 0 Å². The molecule has 12 aliphatic carbocycles. The number of nitrogens with zero attached hydrogens (tertiary/aromatic N) is 3. The Morgan fingerprint density at radius 1 is 0.394 bits per heavy atom. The molecule has 28 atom stereocenters. The van der Waals surface area contributed by atoms with E-state index in [0.29, 0.717) is 100.0 Å². The zero-order valence-corrected chi connectivity index (χ0v) is 70.2. The Morgan fingerprint density at radius 2 is 0.654 bits per heavy atom. The van der Waals surface area contributed by atoms with Gasteiger partial charge in [0.05, 0.1) is 25.4 Å². The third kappa shape index (κ3) is 17.1. The van der Waals surface area contributed by atoms with Gasteiger partial charge in [0.25, 0.3) is 0 Å². The SMILES string of the molecule is C=C1CCC2[C@H](CN(C)C)C([C@@]3(C)CC[C@H](C)C[C@@H]3COC(C)=O)CC[C@]12C.C=C1CCC2[C@H](CN(C)C)C([C@@]3(C)CC[C@H](O)C[C@@H]3CO)CC[C@]12C.C=C1CCC2[C@H](CN(C)C)C([C@@]3(C)CC[C@H](O)C[C@@H]3CO)CC[C@]12C.C=C1CCC2[C@H](CN)C([C@@]3(C)CC[C@H](C)C[C@@H]3COC(C)=O)CC[C@]12C. The highest BCUT2D eigenvalue weighted by Crippen LogP contribution is 2.69. The molecule has 12 heteroatoms. The molecule has 104 heavy (non-hydrogen) atoms. The normalized spacial score (nSPS) is 46.4. The molecule has 12 aliphatic rings. The molecule has 596 valence electrons. The maximum absolute atomic E-state index is 11.6. The van der Waals surface area contributed by atoms with E-state index in [2.05, 4.69) is 153 Å². The monoisotopic (exact) mass is 1450 g/mol. The number of esters is 2. The van der Waals surface area contributed by atoms with Crippen molar-refractivity contribution in [1.82, 2.24) is 14.7 Å². The first-order valence-electron chi connectivity index (χ1n) is 43.0. The number of hydrogen-bond acceptors (Lipinski definition) is 12. The van der Waals surface area contributed by atoms with E-state index in [-0.39, 0.29) is 70.9 Å². The molecule has 0 bridgehead atoms. The number of allylic oxidation sites excluding steroid dienone is 4. The summed E-state index contributed by atoms with van der Waals surface area (Å²) in [7, 11) is 13.3. The fourth-order valence-electron chi connectivity index (χ4n) is 27.9. The van der Waals surface area contributed by atoms with Crippen molar-refractivity contribution in [2.24, 2.45) is 156 Å². The first-order chi connectivity index (χ1) is 48.7. The van der Waals surface area contributed by atoms with Gasteiger partial charge in [-0.15, -0.1) is 0 Å². The maximum atomic E-state index is 11.6. The van der Waals surface area contributed by atoms with Gasteiger partial charge in [-0.1, -0.05) is 131 Å². The van der Waals surface area contributed by atoms with Crippen LogP contribution in [-0.2, 0) is 19.1 Å². The topological polar surface area (TPSA) is 169 Å². The van der Waals surface area contributed by atoms with Crippen molar-refractivity contribution < 1.29 is 39.5 Å². The molecule has 0 spiro atoms. The standard InChI is InChI=1S/C25H43NO2.C23H39NO2.2C22H39NO2/c1-17-10-12-25(5,20(14-17)16-28-19(3)27)23-11-13-24(4)18(2)8-9-22(24)21(23)15-26(6)7;1-15-8-10-23(5,18(12-15)14-26-17(3)25)21-9-11-22(4)16(2)6-7-20(22)19(21)13-24;2*1-15-6-7-19-18(13-23(4)5)20(9-11-21(15,19)2)22(3)10-8-17(25)12-16(22)14-24/h17,20-23H,2,8-16H2,1,3-7H3;15,18-21H,2,6-14,24H2,1,3-5H3;2*16-20,24-25H,1,6-14H2,2-5H3/t17-,20+,21-,22?,23?,24+,25-;15-,18+,19-,20?,21?,22+,23-;2*16-,17+,18+,19?,20?,21-,22+/m0011/s1. The quantitative estimate of drug-likeness (QED) is 0.0691. The van der Waals surface area contributed by atoms with Gasteiger partial charge < -0.3 is 50.3 Å². The van der Waals surface area contributed by atoms with Crippen LogP contribution >= 0.6 is 0 Å². The van der Waals surface area contributed by atoms with Crippen LogP contribution in [0, 0.1) is 150 Å². The lowest BCUT2D eigenvalue weighted by molar-refractivity contribution is -0.149. The van der Waals surface area contributed by atoms with Gasteiger partial charge in [0.2, 0.25) is 0 Å². The highest BCUT2D eigenvalue weighted by molar-refractivity contribution is 5.66.